The van der Waals surface area contributed by atoms with Gasteiger partial charge in [-0.2, -0.15) is 5.10 Å². The van der Waals surface area contributed by atoms with Gasteiger partial charge >= 0.3 is 0 Å². The molecule has 1 aromatic carbocycles. The third kappa shape index (κ3) is 3.98. The third-order valence-corrected chi connectivity index (χ3v) is 4.27. The molecule has 0 radical (unpaired) electrons. The number of hydrogen-bond donors (Lipinski definition) is 2. The quantitative estimate of drug-likeness (QED) is 0.732. The molecule has 0 fully saturated rings. The fourth-order valence-electron chi connectivity index (χ4n) is 2.18. The molecular weight excluding hydrogens is 308 g/mol. The minimum Gasteiger partial charge on any atom is -0.371 e. The Morgan fingerprint density at radius 3 is 2.83 bits per heavy atom. The molecule has 23 heavy (non-hydrogen) atoms. The highest BCUT2D eigenvalue weighted by atomic mass is 32.1. The normalized spacial score (nSPS) is 11.9. The number of para-hydroxylation sites is 1. The van der Waals surface area contributed by atoms with Gasteiger partial charge in [-0.05, 0) is 30.5 Å². The summed E-state index contributed by atoms with van der Waals surface area (Å²) >= 11 is 1.63. The molecule has 3 aromatic rings. The van der Waals surface area contributed by atoms with Gasteiger partial charge in [0.05, 0.1) is 30.3 Å². The summed E-state index contributed by atoms with van der Waals surface area (Å²) in [5.41, 5.74) is 1.79. The molecule has 2 N–H and O–H groups in total. The Labute approximate surface area is 139 Å². The first-order chi connectivity index (χ1) is 11.2. The number of nitrogens with one attached hydrogen (secondary N) is 2. The molecule has 0 aliphatic rings. The summed E-state index contributed by atoms with van der Waals surface area (Å²) in [7, 11) is 0. The number of carbonyl (C=O) groups excluding carboxylic acids is 1. The number of nitrogens with zero attached hydrogens (tertiary/aromatic N) is 2. The van der Waals surface area contributed by atoms with E-state index in [9.17, 15) is 4.79 Å². The topological polar surface area (TPSA) is 59.0 Å². The average molecular weight is 326 g/mol. The lowest BCUT2D eigenvalue weighted by Crippen LogP contribution is -2.36. The van der Waals surface area contributed by atoms with E-state index < -0.39 is 0 Å². The lowest BCUT2D eigenvalue weighted by molar-refractivity contribution is -0.121. The van der Waals surface area contributed by atoms with Gasteiger partial charge < -0.3 is 10.6 Å². The number of carbonyl (C=O) groups is 1. The summed E-state index contributed by atoms with van der Waals surface area (Å²) < 4.78 is 1.78. The summed E-state index contributed by atoms with van der Waals surface area (Å²) in [6.45, 7) is 2.40. The molecule has 0 bridgehead atoms. The Morgan fingerprint density at radius 1 is 1.26 bits per heavy atom. The molecule has 2 aromatic heterocycles. The van der Waals surface area contributed by atoms with E-state index in [1.165, 1.54) is 0 Å². The molecule has 118 valence electrons. The monoisotopic (exact) mass is 326 g/mol. The highest BCUT2D eigenvalue weighted by Crippen LogP contribution is 2.12. The van der Waals surface area contributed by atoms with Gasteiger partial charge in [0.1, 0.15) is 6.04 Å². The average Bonchev–Trinajstić information content (AvgIpc) is 3.25. The minimum atomic E-state index is -0.330. The van der Waals surface area contributed by atoms with E-state index in [1.807, 2.05) is 61.0 Å². The Morgan fingerprint density at radius 2 is 2.09 bits per heavy atom. The van der Waals surface area contributed by atoms with Crippen LogP contribution in [0.2, 0.25) is 0 Å². The molecule has 1 amide bonds. The molecule has 0 unspecified atom stereocenters. The van der Waals surface area contributed by atoms with Gasteiger partial charge in [0, 0.05) is 4.88 Å². The summed E-state index contributed by atoms with van der Waals surface area (Å²) in [4.78, 5) is 13.3. The predicted octanol–water partition coefficient (Wildman–Crippen LogP) is 3.05. The Balaban J connectivity index is 1.56. The van der Waals surface area contributed by atoms with E-state index in [4.69, 9.17) is 0 Å². The van der Waals surface area contributed by atoms with E-state index in [2.05, 4.69) is 15.7 Å². The highest BCUT2D eigenvalue weighted by Gasteiger charge is 2.13. The zero-order valence-electron chi connectivity index (χ0n) is 12.8. The SMILES string of the molecule is C[C@@H](Nc1cnn(-c2ccccc2)c1)C(=O)NCc1cccs1. The zero-order valence-corrected chi connectivity index (χ0v) is 13.6. The van der Waals surface area contributed by atoms with Crippen LogP contribution in [0.25, 0.3) is 5.69 Å². The van der Waals surface area contributed by atoms with E-state index in [1.54, 1.807) is 22.2 Å². The largest absolute Gasteiger partial charge is 0.371 e. The van der Waals surface area contributed by atoms with Crippen molar-refractivity contribution in [2.75, 3.05) is 5.32 Å². The Kier molecular flexibility index (Phi) is 4.73. The second-order valence-electron chi connectivity index (χ2n) is 5.17. The first-order valence-electron chi connectivity index (χ1n) is 7.39. The van der Waals surface area contributed by atoms with Crippen LogP contribution >= 0.6 is 11.3 Å². The van der Waals surface area contributed by atoms with Crippen molar-refractivity contribution in [3.05, 3.63) is 65.1 Å². The molecule has 0 saturated carbocycles. The number of amides is 1. The molecule has 5 nitrogen and oxygen atoms in total. The van der Waals surface area contributed by atoms with Crippen molar-refractivity contribution in [3.8, 4) is 5.69 Å². The maximum atomic E-state index is 12.1. The Bertz CT molecular complexity index is 752. The lowest BCUT2D eigenvalue weighted by Gasteiger charge is -2.13. The molecule has 1 atom stereocenters. The predicted molar refractivity (Wildman–Crippen MR) is 92.8 cm³/mol. The lowest BCUT2D eigenvalue weighted by atomic mass is 10.3. The first-order valence-corrected chi connectivity index (χ1v) is 8.27. The van der Waals surface area contributed by atoms with Gasteiger partial charge in [0.15, 0.2) is 0 Å². The number of rotatable bonds is 6. The van der Waals surface area contributed by atoms with Gasteiger partial charge in [0.2, 0.25) is 5.91 Å². The summed E-state index contributed by atoms with van der Waals surface area (Å²) in [6, 6.07) is 13.5. The maximum Gasteiger partial charge on any atom is 0.242 e. The van der Waals surface area contributed by atoms with Crippen molar-refractivity contribution < 1.29 is 4.79 Å². The van der Waals surface area contributed by atoms with Crippen molar-refractivity contribution in [1.82, 2.24) is 15.1 Å². The molecule has 2 heterocycles. The van der Waals surface area contributed by atoms with Gasteiger partial charge in [-0.15, -0.1) is 11.3 Å². The summed E-state index contributed by atoms with van der Waals surface area (Å²) in [5.74, 6) is -0.0362. The van der Waals surface area contributed by atoms with Gasteiger partial charge in [-0.1, -0.05) is 24.3 Å². The molecule has 0 spiro atoms. The van der Waals surface area contributed by atoms with Crippen molar-refractivity contribution in [2.45, 2.75) is 19.5 Å². The zero-order chi connectivity index (χ0) is 16.1. The second-order valence-corrected chi connectivity index (χ2v) is 6.20. The van der Waals surface area contributed by atoms with Crippen LogP contribution in [0.5, 0.6) is 0 Å². The molecule has 3 rings (SSSR count). The smallest absolute Gasteiger partial charge is 0.242 e. The van der Waals surface area contributed by atoms with Crippen LogP contribution in [0.15, 0.2) is 60.2 Å². The number of aromatic nitrogens is 2. The van der Waals surface area contributed by atoms with Crippen LogP contribution in [0, 0.1) is 0 Å². The second kappa shape index (κ2) is 7.11. The molecule has 0 aliphatic heterocycles. The van der Waals surface area contributed by atoms with Crippen LogP contribution in [-0.4, -0.2) is 21.7 Å². The number of anilines is 1. The van der Waals surface area contributed by atoms with E-state index in [0.717, 1.165) is 16.3 Å². The van der Waals surface area contributed by atoms with E-state index >= 15 is 0 Å². The molecule has 0 aliphatic carbocycles. The highest BCUT2D eigenvalue weighted by molar-refractivity contribution is 7.09. The van der Waals surface area contributed by atoms with Crippen molar-refractivity contribution in [1.29, 1.82) is 0 Å². The van der Waals surface area contributed by atoms with Crippen LogP contribution in [0.4, 0.5) is 5.69 Å². The van der Waals surface area contributed by atoms with Crippen LogP contribution in [0.1, 0.15) is 11.8 Å². The van der Waals surface area contributed by atoms with Crippen molar-refractivity contribution in [2.24, 2.45) is 0 Å². The van der Waals surface area contributed by atoms with Crippen molar-refractivity contribution in [3.63, 3.8) is 0 Å². The van der Waals surface area contributed by atoms with Crippen molar-refractivity contribution >= 4 is 22.9 Å². The fourth-order valence-corrected chi connectivity index (χ4v) is 2.82. The number of hydrogen-bond acceptors (Lipinski definition) is 4. The van der Waals surface area contributed by atoms with Gasteiger partial charge in [-0.3, -0.25) is 4.79 Å². The van der Waals surface area contributed by atoms with Gasteiger partial charge in [0.25, 0.3) is 0 Å². The standard InChI is InChI=1S/C17H18N4OS/c1-13(17(22)18-11-16-8-5-9-23-16)20-14-10-19-21(12-14)15-6-3-2-4-7-15/h2-10,12-13,20H,11H2,1H3,(H,18,22)/t13-/m1/s1. The van der Waals surface area contributed by atoms with Gasteiger partial charge in [-0.25, -0.2) is 4.68 Å². The third-order valence-electron chi connectivity index (χ3n) is 3.40. The van der Waals surface area contributed by atoms with Crippen LogP contribution in [0.3, 0.4) is 0 Å². The van der Waals surface area contributed by atoms with Crippen LogP contribution in [-0.2, 0) is 11.3 Å². The Hall–Kier alpha value is -2.60. The number of thiophene rings is 1. The molecule has 6 heteroatoms. The van der Waals surface area contributed by atoms with E-state index in [0.29, 0.717) is 6.54 Å². The fraction of sp³-hybridized carbons (Fsp3) is 0.176. The first kappa shape index (κ1) is 15.3. The summed E-state index contributed by atoms with van der Waals surface area (Å²) in [5, 5.41) is 12.4. The number of benzene rings is 1. The maximum absolute atomic E-state index is 12.1. The minimum absolute atomic E-state index is 0.0362. The molecular formula is C17H18N4OS. The summed E-state index contributed by atoms with van der Waals surface area (Å²) in [6.07, 6.45) is 3.59. The van der Waals surface area contributed by atoms with E-state index in [-0.39, 0.29) is 11.9 Å². The van der Waals surface area contributed by atoms with Crippen LogP contribution < -0.4 is 10.6 Å². The molecule has 0 saturated heterocycles.